The van der Waals surface area contributed by atoms with Crippen LogP contribution in [0.5, 0.6) is 5.75 Å². The Bertz CT molecular complexity index is 375. The Morgan fingerprint density at radius 1 is 1.38 bits per heavy atom. The van der Waals surface area contributed by atoms with Crippen molar-refractivity contribution in [3.05, 3.63) is 23.8 Å². The third kappa shape index (κ3) is 3.17. The Hall–Kier alpha value is -1.16. The number of benzene rings is 1. The topological polar surface area (TPSA) is 35.5 Å². The zero-order valence-corrected chi connectivity index (χ0v) is 10.8. The van der Waals surface area contributed by atoms with Crippen LogP contribution in [-0.2, 0) is 4.74 Å². The fourth-order valence-corrected chi connectivity index (χ4v) is 1.83. The highest BCUT2D eigenvalue weighted by Gasteiger charge is 2.10. The van der Waals surface area contributed by atoms with Crippen molar-refractivity contribution in [2.45, 2.75) is 24.8 Å². The fraction of sp³-hybridized carbons (Fsp3) is 0.417. The van der Waals surface area contributed by atoms with Gasteiger partial charge in [0.15, 0.2) is 0 Å². The molecule has 88 valence electrons. The van der Waals surface area contributed by atoms with Crippen LogP contribution in [0.25, 0.3) is 0 Å². The minimum atomic E-state index is -0.327. The summed E-state index contributed by atoms with van der Waals surface area (Å²) >= 11 is 1.55. The van der Waals surface area contributed by atoms with Crippen molar-refractivity contribution < 1.29 is 14.3 Å². The largest absolute Gasteiger partial charge is 0.490 e. The average Bonchev–Trinajstić information content (AvgIpc) is 2.27. The van der Waals surface area contributed by atoms with E-state index in [-0.39, 0.29) is 12.1 Å². The van der Waals surface area contributed by atoms with Gasteiger partial charge in [-0.1, -0.05) is 0 Å². The number of rotatable bonds is 4. The summed E-state index contributed by atoms with van der Waals surface area (Å²) in [6.45, 7) is 3.94. The molecule has 0 fully saturated rings. The molecule has 0 aliphatic heterocycles. The van der Waals surface area contributed by atoms with E-state index in [0.29, 0.717) is 5.56 Å². The lowest BCUT2D eigenvalue weighted by Gasteiger charge is -2.13. The molecule has 0 spiro atoms. The molecule has 0 N–H and O–H groups in total. The summed E-state index contributed by atoms with van der Waals surface area (Å²) in [6, 6.07) is 5.30. The summed E-state index contributed by atoms with van der Waals surface area (Å²) in [5.41, 5.74) is 0.544. The third-order valence-electron chi connectivity index (χ3n) is 1.95. The normalized spacial score (nSPS) is 10.3. The van der Waals surface area contributed by atoms with Gasteiger partial charge < -0.3 is 9.47 Å². The van der Waals surface area contributed by atoms with Crippen LogP contribution >= 0.6 is 11.8 Å². The first-order valence-corrected chi connectivity index (χ1v) is 6.24. The molecule has 0 aliphatic carbocycles. The Morgan fingerprint density at radius 2 is 2.06 bits per heavy atom. The number of hydrogen-bond acceptors (Lipinski definition) is 4. The van der Waals surface area contributed by atoms with Gasteiger partial charge in [0, 0.05) is 4.90 Å². The Morgan fingerprint density at radius 3 is 2.56 bits per heavy atom. The van der Waals surface area contributed by atoms with Crippen LogP contribution < -0.4 is 4.74 Å². The molecule has 1 aromatic carbocycles. The molecule has 3 nitrogen and oxygen atoms in total. The highest BCUT2D eigenvalue weighted by molar-refractivity contribution is 7.98. The van der Waals surface area contributed by atoms with E-state index in [9.17, 15) is 4.79 Å². The van der Waals surface area contributed by atoms with Gasteiger partial charge in [0.25, 0.3) is 0 Å². The molecule has 0 bridgehead atoms. The molecular formula is C12H16O3S. The maximum Gasteiger partial charge on any atom is 0.337 e. The van der Waals surface area contributed by atoms with Gasteiger partial charge in [0.05, 0.1) is 18.8 Å². The smallest absolute Gasteiger partial charge is 0.337 e. The lowest BCUT2D eigenvalue weighted by molar-refractivity contribution is 0.0600. The van der Waals surface area contributed by atoms with Crippen molar-refractivity contribution in [1.29, 1.82) is 0 Å². The monoisotopic (exact) mass is 240 g/mol. The molecule has 4 heteroatoms. The molecule has 0 heterocycles. The van der Waals surface area contributed by atoms with Crippen molar-refractivity contribution in [2.24, 2.45) is 0 Å². The van der Waals surface area contributed by atoms with Crippen molar-refractivity contribution >= 4 is 17.7 Å². The number of thioether (sulfide) groups is 1. The van der Waals surface area contributed by atoms with E-state index in [1.807, 2.05) is 20.1 Å². The van der Waals surface area contributed by atoms with Crippen LogP contribution in [0.3, 0.4) is 0 Å². The first kappa shape index (κ1) is 12.9. The minimum Gasteiger partial charge on any atom is -0.490 e. The van der Waals surface area contributed by atoms with Gasteiger partial charge in [-0.25, -0.2) is 4.79 Å². The van der Waals surface area contributed by atoms with Crippen LogP contribution in [0.1, 0.15) is 24.2 Å². The van der Waals surface area contributed by atoms with E-state index in [4.69, 9.17) is 4.74 Å². The summed E-state index contributed by atoms with van der Waals surface area (Å²) in [7, 11) is 1.37. The van der Waals surface area contributed by atoms with E-state index < -0.39 is 0 Å². The first-order chi connectivity index (χ1) is 7.58. The van der Waals surface area contributed by atoms with Crippen LogP contribution in [0.2, 0.25) is 0 Å². The number of ether oxygens (including phenoxy) is 2. The molecule has 16 heavy (non-hydrogen) atoms. The van der Waals surface area contributed by atoms with E-state index in [2.05, 4.69) is 4.74 Å². The van der Waals surface area contributed by atoms with Gasteiger partial charge in [-0.3, -0.25) is 0 Å². The second-order valence-electron chi connectivity index (χ2n) is 3.52. The van der Waals surface area contributed by atoms with Crippen molar-refractivity contribution in [3.8, 4) is 5.75 Å². The predicted molar refractivity (Wildman–Crippen MR) is 65.3 cm³/mol. The SMILES string of the molecule is COC(=O)c1ccc(OC(C)C)c(SC)c1. The summed E-state index contributed by atoms with van der Waals surface area (Å²) in [5, 5.41) is 0. The maximum atomic E-state index is 11.3. The standard InChI is InChI=1S/C12H16O3S/c1-8(2)15-10-6-5-9(12(13)14-3)7-11(10)16-4/h5-8H,1-4H3. The second-order valence-corrected chi connectivity index (χ2v) is 4.37. The predicted octanol–water partition coefficient (Wildman–Crippen LogP) is 2.98. The van der Waals surface area contributed by atoms with Gasteiger partial charge in [-0.05, 0) is 38.3 Å². The number of carbonyl (C=O) groups is 1. The number of methoxy groups -OCH3 is 1. The zero-order chi connectivity index (χ0) is 12.1. The molecule has 0 radical (unpaired) electrons. The van der Waals surface area contributed by atoms with Crippen LogP contribution in [0.4, 0.5) is 0 Å². The van der Waals surface area contributed by atoms with Crippen LogP contribution in [0, 0.1) is 0 Å². The Balaban J connectivity index is 3.01. The quantitative estimate of drug-likeness (QED) is 0.598. The molecule has 0 aromatic heterocycles. The molecule has 0 aliphatic rings. The Labute approximate surface area is 100 Å². The summed E-state index contributed by atoms with van der Waals surface area (Å²) in [5.74, 6) is 0.474. The molecular weight excluding hydrogens is 224 g/mol. The summed E-state index contributed by atoms with van der Waals surface area (Å²) < 4.78 is 10.3. The lowest BCUT2D eigenvalue weighted by Crippen LogP contribution is -2.07. The van der Waals surface area contributed by atoms with E-state index in [1.165, 1.54) is 7.11 Å². The molecule has 0 unspecified atom stereocenters. The van der Waals surface area contributed by atoms with Gasteiger partial charge in [0.2, 0.25) is 0 Å². The van der Waals surface area contributed by atoms with E-state index in [0.717, 1.165) is 10.6 Å². The molecule has 0 amide bonds. The van der Waals surface area contributed by atoms with Crippen molar-refractivity contribution in [1.82, 2.24) is 0 Å². The van der Waals surface area contributed by atoms with Gasteiger partial charge in [0.1, 0.15) is 5.75 Å². The minimum absolute atomic E-state index is 0.120. The highest BCUT2D eigenvalue weighted by atomic mass is 32.2. The van der Waals surface area contributed by atoms with Gasteiger partial charge in [-0.2, -0.15) is 0 Å². The molecule has 0 atom stereocenters. The molecule has 1 aromatic rings. The van der Waals surface area contributed by atoms with Crippen molar-refractivity contribution in [2.75, 3.05) is 13.4 Å². The fourth-order valence-electron chi connectivity index (χ4n) is 1.26. The van der Waals surface area contributed by atoms with Gasteiger partial charge >= 0.3 is 5.97 Å². The summed E-state index contributed by atoms with van der Waals surface area (Å²) in [4.78, 5) is 12.3. The number of hydrogen-bond donors (Lipinski definition) is 0. The third-order valence-corrected chi connectivity index (χ3v) is 2.71. The molecule has 0 saturated heterocycles. The highest BCUT2D eigenvalue weighted by Crippen LogP contribution is 2.29. The summed E-state index contributed by atoms with van der Waals surface area (Å²) in [6.07, 6.45) is 2.07. The van der Waals surface area contributed by atoms with Crippen LogP contribution in [0.15, 0.2) is 23.1 Å². The number of carbonyl (C=O) groups excluding carboxylic acids is 1. The lowest BCUT2D eigenvalue weighted by atomic mass is 10.2. The zero-order valence-electron chi connectivity index (χ0n) is 9.94. The first-order valence-electron chi connectivity index (χ1n) is 5.01. The van der Waals surface area contributed by atoms with Crippen molar-refractivity contribution in [3.63, 3.8) is 0 Å². The van der Waals surface area contributed by atoms with E-state index >= 15 is 0 Å². The maximum absolute atomic E-state index is 11.3. The van der Waals surface area contributed by atoms with E-state index in [1.54, 1.807) is 30.0 Å². The second kappa shape index (κ2) is 5.80. The number of esters is 1. The Kier molecular flexibility index (Phi) is 4.68. The van der Waals surface area contributed by atoms with Gasteiger partial charge in [-0.15, -0.1) is 11.8 Å². The molecule has 0 saturated carbocycles. The average molecular weight is 240 g/mol. The molecule has 1 rings (SSSR count). The van der Waals surface area contributed by atoms with Crippen LogP contribution in [-0.4, -0.2) is 25.4 Å².